The number of aromatic nitrogens is 2. The molecule has 112 valence electrons. The van der Waals surface area contributed by atoms with E-state index in [-0.39, 0.29) is 16.8 Å². The fourth-order valence-electron chi connectivity index (χ4n) is 2.68. The zero-order valence-electron chi connectivity index (χ0n) is 11.4. The smallest absolute Gasteiger partial charge is 0.220 e. The van der Waals surface area contributed by atoms with E-state index in [9.17, 15) is 13.2 Å². The second-order valence-electron chi connectivity index (χ2n) is 5.27. The summed E-state index contributed by atoms with van der Waals surface area (Å²) in [5, 5.41) is 2.89. The van der Waals surface area contributed by atoms with Crippen LogP contribution in [0.1, 0.15) is 12.8 Å². The van der Waals surface area contributed by atoms with Crippen molar-refractivity contribution in [1.82, 2.24) is 14.9 Å². The Hall–Kier alpha value is -1.67. The lowest BCUT2D eigenvalue weighted by atomic mass is 10.2. The Morgan fingerprint density at radius 2 is 2.19 bits per heavy atom. The number of amides is 1. The summed E-state index contributed by atoms with van der Waals surface area (Å²) in [4.78, 5) is 14.5. The SMILES string of the molecule is CS(=O)(=O)c1cccc2c1[nH]c(=S)n2CC1CCC(=O)N1. The molecule has 2 aromatic rings. The molecule has 1 aliphatic heterocycles. The highest BCUT2D eigenvalue weighted by Gasteiger charge is 2.23. The molecule has 1 saturated heterocycles. The average molecular weight is 325 g/mol. The van der Waals surface area contributed by atoms with Crippen LogP contribution in [0, 0.1) is 4.77 Å². The van der Waals surface area contributed by atoms with E-state index in [2.05, 4.69) is 10.3 Å². The minimum Gasteiger partial charge on any atom is -0.352 e. The fourth-order valence-corrected chi connectivity index (χ4v) is 3.81. The molecular weight excluding hydrogens is 310 g/mol. The number of fused-ring (bicyclic) bond motifs is 1. The third-order valence-electron chi connectivity index (χ3n) is 3.66. The van der Waals surface area contributed by atoms with Crippen LogP contribution in [0.3, 0.4) is 0 Å². The number of aromatic amines is 1. The average Bonchev–Trinajstić information content (AvgIpc) is 2.93. The van der Waals surface area contributed by atoms with Crippen LogP contribution in [0.25, 0.3) is 11.0 Å². The van der Waals surface area contributed by atoms with Gasteiger partial charge in [0.15, 0.2) is 14.6 Å². The van der Waals surface area contributed by atoms with Crippen molar-refractivity contribution in [3.63, 3.8) is 0 Å². The molecule has 1 aromatic heterocycles. The number of para-hydroxylation sites is 1. The Morgan fingerprint density at radius 3 is 2.81 bits per heavy atom. The Morgan fingerprint density at radius 1 is 1.43 bits per heavy atom. The van der Waals surface area contributed by atoms with Crippen LogP contribution >= 0.6 is 12.2 Å². The van der Waals surface area contributed by atoms with Gasteiger partial charge in [0, 0.05) is 25.3 Å². The van der Waals surface area contributed by atoms with Gasteiger partial charge < -0.3 is 14.9 Å². The first-order valence-electron chi connectivity index (χ1n) is 6.57. The van der Waals surface area contributed by atoms with Gasteiger partial charge in [0.2, 0.25) is 5.91 Å². The number of nitrogens with zero attached hydrogens (tertiary/aromatic N) is 1. The molecule has 0 bridgehead atoms. The van der Waals surface area contributed by atoms with Crippen molar-refractivity contribution in [3.8, 4) is 0 Å². The van der Waals surface area contributed by atoms with E-state index < -0.39 is 9.84 Å². The van der Waals surface area contributed by atoms with E-state index in [1.807, 2.05) is 10.6 Å². The minimum atomic E-state index is -3.33. The molecule has 1 atom stereocenters. The number of carbonyl (C=O) groups is 1. The monoisotopic (exact) mass is 325 g/mol. The van der Waals surface area contributed by atoms with Crippen molar-refractivity contribution in [2.75, 3.05) is 6.26 Å². The highest BCUT2D eigenvalue weighted by atomic mass is 32.2. The zero-order valence-corrected chi connectivity index (χ0v) is 13.1. The molecule has 1 amide bonds. The van der Waals surface area contributed by atoms with E-state index in [1.165, 1.54) is 6.26 Å². The molecule has 0 aliphatic carbocycles. The van der Waals surface area contributed by atoms with Crippen LogP contribution in [0.2, 0.25) is 0 Å². The molecule has 1 fully saturated rings. The van der Waals surface area contributed by atoms with E-state index in [1.54, 1.807) is 12.1 Å². The third kappa shape index (κ3) is 2.60. The van der Waals surface area contributed by atoms with Gasteiger partial charge in [-0.25, -0.2) is 8.42 Å². The van der Waals surface area contributed by atoms with E-state index in [0.717, 1.165) is 11.9 Å². The largest absolute Gasteiger partial charge is 0.352 e. The predicted octanol–water partition coefficient (Wildman–Crippen LogP) is 1.38. The fraction of sp³-hybridized carbons (Fsp3) is 0.385. The summed E-state index contributed by atoms with van der Waals surface area (Å²) in [7, 11) is -3.33. The molecular formula is C13H15N3O3S2. The topological polar surface area (TPSA) is 84.0 Å². The number of benzene rings is 1. The molecule has 1 unspecified atom stereocenters. The van der Waals surface area contributed by atoms with Crippen LogP contribution < -0.4 is 5.32 Å². The zero-order chi connectivity index (χ0) is 15.2. The standard InChI is InChI=1S/C13H15N3O3S2/c1-21(18,19)10-4-2-3-9-12(10)15-13(20)16(9)7-8-5-6-11(17)14-8/h2-4,8H,5-7H2,1H3,(H,14,17)(H,15,20). The highest BCUT2D eigenvalue weighted by molar-refractivity contribution is 7.91. The third-order valence-corrected chi connectivity index (χ3v) is 5.12. The number of sulfone groups is 1. The molecule has 0 radical (unpaired) electrons. The maximum absolute atomic E-state index is 11.8. The summed E-state index contributed by atoms with van der Waals surface area (Å²) >= 11 is 5.30. The van der Waals surface area contributed by atoms with Crippen LogP contribution in [-0.2, 0) is 21.2 Å². The summed E-state index contributed by atoms with van der Waals surface area (Å²) in [6.07, 6.45) is 2.46. The molecule has 0 saturated carbocycles. The summed E-state index contributed by atoms with van der Waals surface area (Å²) < 4.78 is 26.0. The first-order valence-corrected chi connectivity index (χ1v) is 8.87. The molecule has 1 aromatic carbocycles. The van der Waals surface area contributed by atoms with Gasteiger partial charge in [0.25, 0.3) is 0 Å². The van der Waals surface area contributed by atoms with E-state index >= 15 is 0 Å². The van der Waals surface area contributed by atoms with Gasteiger partial charge in [-0.15, -0.1) is 0 Å². The predicted molar refractivity (Wildman–Crippen MR) is 81.4 cm³/mol. The minimum absolute atomic E-state index is 0.0325. The lowest BCUT2D eigenvalue weighted by molar-refractivity contribution is -0.119. The molecule has 3 rings (SSSR count). The van der Waals surface area contributed by atoms with Gasteiger partial charge in [-0.3, -0.25) is 4.79 Å². The van der Waals surface area contributed by atoms with Crippen LogP contribution in [-0.4, -0.2) is 36.2 Å². The molecule has 0 spiro atoms. The molecule has 2 N–H and O–H groups in total. The van der Waals surface area contributed by atoms with Gasteiger partial charge in [-0.1, -0.05) is 6.07 Å². The van der Waals surface area contributed by atoms with Crippen molar-refractivity contribution in [2.24, 2.45) is 0 Å². The normalized spacial score (nSPS) is 19.1. The molecule has 1 aliphatic rings. The maximum Gasteiger partial charge on any atom is 0.220 e. The summed E-state index contributed by atoms with van der Waals surface area (Å²) in [6, 6.07) is 5.12. The molecule has 6 nitrogen and oxygen atoms in total. The van der Waals surface area contributed by atoms with Crippen LogP contribution in [0.5, 0.6) is 0 Å². The van der Waals surface area contributed by atoms with Gasteiger partial charge >= 0.3 is 0 Å². The number of imidazole rings is 1. The molecule has 2 heterocycles. The second kappa shape index (κ2) is 4.96. The van der Waals surface area contributed by atoms with Crippen molar-refractivity contribution in [2.45, 2.75) is 30.3 Å². The number of H-pyrrole nitrogens is 1. The Labute approximate surface area is 127 Å². The Bertz CT molecular complexity index is 880. The molecule has 21 heavy (non-hydrogen) atoms. The highest BCUT2D eigenvalue weighted by Crippen LogP contribution is 2.23. The van der Waals surface area contributed by atoms with Crippen LogP contribution in [0.4, 0.5) is 0 Å². The number of rotatable bonds is 3. The Balaban J connectivity index is 2.10. The summed E-state index contributed by atoms with van der Waals surface area (Å²) in [5.41, 5.74) is 1.26. The maximum atomic E-state index is 11.8. The quantitative estimate of drug-likeness (QED) is 0.835. The first kappa shape index (κ1) is 14.3. The number of hydrogen-bond acceptors (Lipinski definition) is 4. The van der Waals surface area contributed by atoms with Gasteiger partial charge in [0.05, 0.1) is 15.9 Å². The van der Waals surface area contributed by atoms with Gasteiger partial charge in [-0.05, 0) is 30.8 Å². The van der Waals surface area contributed by atoms with E-state index in [4.69, 9.17) is 12.2 Å². The second-order valence-corrected chi connectivity index (χ2v) is 7.64. The Kier molecular flexibility index (Phi) is 3.37. The van der Waals surface area contributed by atoms with Crippen molar-refractivity contribution < 1.29 is 13.2 Å². The van der Waals surface area contributed by atoms with Crippen LogP contribution in [0.15, 0.2) is 23.1 Å². The van der Waals surface area contributed by atoms with Crippen molar-refractivity contribution in [3.05, 3.63) is 23.0 Å². The summed E-state index contributed by atoms with van der Waals surface area (Å²) in [5.74, 6) is 0.0446. The number of nitrogens with one attached hydrogen (secondary N) is 2. The molecule has 8 heteroatoms. The van der Waals surface area contributed by atoms with Gasteiger partial charge in [0.1, 0.15) is 0 Å². The lowest BCUT2D eigenvalue weighted by Crippen LogP contribution is -2.29. The van der Waals surface area contributed by atoms with Crippen molar-refractivity contribution in [1.29, 1.82) is 0 Å². The van der Waals surface area contributed by atoms with E-state index in [0.29, 0.717) is 23.3 Å². The van der Waals surface area contributed by atoms with Crippen molar-refractivity contribution >= 4 is 39.0 Å². The summed E-state index contributed by atoms with van der Waals surface area (Å²) in [6.45, 7) is 0.539. The van der Waals surface area contributed by atoms with Gasteiger partial charge in [-0.2, -0.15) is 0 Å². The number of hydrogen-bond donors (Lipinski definition) is 2. The lowest BCUT2D eigenvalue weighted by Gasteiger charge is -2.11. The first-order chi connectivity index (χ1) is 9.86. The number of carbonyl (C=O) groups excluding carboxylic acids is 1.